The lowest BCUT2D eigenvalue weighted by Crippen LogP contribution is -2.35. The minimum Gasteiger partial charge on any atom is -0.393 e. The molecule has 3 rings (SSSR count). The molecule has 0 bridgehead atoms. The Morgan fingerprint density at radius 1 is 1.13 bits per heavy atom. The van der Waals surface area contributed by atoms with Crippen LogP contribution in [0.1, 0.15) is 79.6 Å². The Kier molecular flexibility index (Phi) is 7.40. The van der Waals surface area contributed by atoms with Gasteiger partial charge in [-0.3, -0.25) is 0 Å². The second kappa shape index (κ2) is 9.37. The highest BCUT2D eigenvalue weighted by Crippen LogP contribution is 2.59. The van der Waals surface area contributed by atoms with Crippen molar-refractivity contribution < 1.29 is 15.3 Å². The summed E-state index contributed by atoms with van der Waals surface area (Å²) in [6, 6.07) is 0. The van der Waals surface area contributed by atoms with E-state index in [-0.39, 0.29) is 5.92 Å². The van der Waals surface area contributed by atoms with Gasteiger partial charge in [-0.2, -0.15) is 0 Å². The standard InChI is InChI=1S/C28H44O3/c1-18(9-10-19(2)27(4,5)31)24-13-14-25-21(8-7-15-28(24,25)6)11-12-22-16-23(29)17-26(30)20(22)3/h9-12,18-19,23-26,29-31H,3,7-8,13-17H2,1-2,4-6H3/b10-9+,21-11+,22-12+/t18-,19+,23-,24-,25?,26+,28-/m1/s1. The van der Waals surface area contributed by atoms with Crippen LogP contribution in [0, 0.1) is 29.1 Å². The van der Waals surface area contributed by atoms with Gasteiger partial charge >= 0.3 is 0 Å². The SMILES string of the molecule is C=C1/C(=C/C=C2\CCC[C@@]3(C)C2CC[C@@H]3[C@H](C)/C=C/[C@H](C)C(C)(C)O)C[C@@H](O)C[C@@H]1O. The third-order valence-corrected chi connectivity index (χ3v) is 8.75. The number of allylic oxidation sites excluding steroid dienone is 4. The van der Waals surface area contributed by atoms with Crippen LogP contribution >= 0.6 is 0 Å². The van der Waals surface area contributed by atoms with Gasteiger partial charge in [0.2, 0.25) is 0 Å². The molecule has 0 aromatic carbocycles. The van der Waals surface area contributed by atoms with Crippen molar-refractivity contribution in [3.63, 3.8) is 0 Å². The molecule has 3 saturated carbocycles. The van der Waals surface area contributed by atoms with E-state index in [2.05, 4.69) is 51.7 Å². The summed E-state index contributed by atoms with van der Waals surface area (Å²) < 4.78 is 0. The van der Waals surface area contributed by atoms with Crippen molar-refractivity contribution in [1.29, 1.82) is 0 Å². The molecule has 0 aromatic heterocycles. The van der Waals surface area contributed by atoms with Gasteiger partial charge in [0, 0.05) is 12.3 Å². The predicted molar refractivity (Wildman–Crippen MR) is 128 cm³/mol. The minimum absolute atomic E-state index is 0.141. The van der Waals surface area contributed by atoms with E-state index in [4.69, 9.17) is 0 Å². The maximum Gasteiger partial charge on any atom is 0.0811 e. The van der Waals surface area contributed by atoms with Gasteiger partial charge < -0.3 is 15.3 Å². The van der Waals surface area contributed by atoms with E-state index in [9.17, 15) is 15.3 Å². The van der Waals surface area contributed by atoms with Crippen molar-refractivity contribution in [2.45, 2.75) is 97.4 Å². The second-order valence-electron chi connectivity index (χ2n) is 11.4. The third kappa shape index (κ3) is 5.26. The van der Waals surface area contributed by atoms with Gasteiger partial charge in [0.1, 0.15) is 0 Å². The molecule has 174 valence electrons. The first-order valence-corrected chi connectivity index (χ1v) is 12.3. The largest absolute Gasteiger partial charge is 0.393 e. The highest BCUT2D eigenvalue weighted by atomic mass is 16.3. The first kappa shape index (κ1) is 24.5. The molecule has 0 spiro atoms. The molecule has 3 N–H and O–H groups in total. The summed E-state index contributed by atoms with van der Waals surface area (Å²) in [5.74, 6) is 1.91. The molecule has 1 unspecified atom stereocenters. The fourth-order valence-corrected chi connectivity index (χ4v) is 6.32. The van der Waals surface area contributed by atoms with Gasteiger partial charge in [-0.15, -0.1) is 0 Å². The zero-order valence-electron chi connectivity index (χ0n) is 20.3. The number of aliphatic hydroxyl groups is 3. The third-order valence-electron chi connectivity index (χ3n) is 8.75. The second-order valence-corrected chi connectivity index (χ2v) is 11.4. The molecule has 0 aromatic rings. The summed E-state index contributed by atoms with van der Waals surface area (Å²) in [7, 11) is 0. The van der Waals surface area contributed by atoms with Crippen LogP contribution in [0.3, 0.4) is 0 Å². The Hall–Kier alpha value is -1.16. The van der Waals surface area contributed by atoms with E-state index in [1.54, 1.807) is 0 Å². The topological polar surface area (TPSA) is 60.7 Å². The Labute approximate surface area is 189 Å². The lowest BCUT2D eigenvalue weighted by Gasteiger charge is -2.44. The lowest BCUT2D eigenvalue weighted by atomic mass is 9.61. The summed E-state index contributed by atoms with van der Waals surface area (Å²) in [4.78, 5) is 0. The molecule has 3 aliphatic rings. The van der Waals surface area contributed by atoms with Gasteiger partial charge in [0.15, 0.2) is 0 Å². The van der Waals surface area contributed by atoms with Crippen molar-refractivity contribution >= 4 is 0 Å². The minimum atomic E-state index is -0.684. The van der Waals surface area contributed by atoms with Crippen LogP contribution < -0.4 is 0 Å². The molecule has 3 heteroatoms. The molecule has 0 aliphatic heterocycles. The monoisotopic (exact) mass is 428 g/mol. The van der Waals surface area contributed by atoms with Crippen LogP contribution in [0.2, 0.25) is 0 Å². The number of rotatable bonds is 5. The number of aliphatic hydroxyl groups excluding tert-OH is 2. The van der Waals surface area contributed by atoms with E-state index in [1.165, 1.54) is 31.3 Å². The number of hydrogen-bond donors (Lipinski definition) is 3. The highest BCUT2D eigenvalue weighted by molar-refractivity contribution is 5.38. The van der Waals surface area contributed by atoms with Crippen molar-refractivity contribution in [3.05, 3.63) is 47.6 Å². The summed E-state index contributed by atoms with van der Waals surface area (Å²) in [5, 5.41) is 30.4. The van der Waals surface area contributed by atoms with Crippen molar-refractivity contribution in [2.75, 3.05) is 0 Å². The zero-order valence-corrected chi connectivity index (χ0v) is 20.3. The molecule has 3 nitrogen and oxygen atoms in total. The van der Waals surface area contributed by atoms with Gasteiger partial charge in [-0.25, -0.2) is 0 Å². The van der Waals surface area contributed by atoms with E-state index < -0.39 is 17.8 Å². The summed E-state index contributed by atoms with van der Waals surface area (Å²) in [6.07, 6.45) is 15.0. The molecule has 3 fully saturated rings. The van der Waals surface area contributed by atoms with E-state index in [0.717, 1.165) is 17.6 Å². The van der Waals surface area contributed by atoms with Gasteiger partial charge in [0.25, 0.3) is 0 Å². The number of fused-ring (bicyclic) bond motifs is 1. The lowest BCUT2D eigenvalue weighted by molar-refractivity contribution is 0.0436. The Bertz CT molecular complexity index is 753. The van der Waals surface area contributed by atoms with Gasteiger partial charge in [-0.1, -0.05) is 57.2 Å². The Balaban J connectivity index is 1.76. The van der Waals surface area contributed by atoms with Crippen LogP contribution in [0.15, 0.2) is 47.6 Å². The fraction of sp³-hybridized carbons (Fsp3) is 0.714. The van der Waals surface area contributed by atoms with Crippen LogP contribution in [-0.4, -0.2) is 33.1 Å². The zero-order chi connectivity index (χ0) is 23.0. The quantitative estimate of drug-likeness (QED) is 0.490. The van der Waals surface area contributed by atoms with E-state index >= 15 is 0 Å². The normalized spacial score (nSPS) is 39.3. The summed E-state index contributed by atoms with van der Waals surface area (Å²) >= 11 is 0. The average Bonchev–Trinajstić information content (AvgIpc) is 3.04. The maximum absolute atomic E-state index is 10.3. The van der Waals surface area contributed by atoms with Crippen molar-refractivity contribution in [3.8, 4) is 0 Å². The fourth-order valence-electron chi connectivity index (χ4n) is 6.32. The number of hydrogen-bond acceptors (Lipinski definition) is 3. The Morgan fingerprint density at radius 2 is 1.84 bits per heavy atom. The van der Waals surface area contributed by atoms with Crippen molar-refractivity contribution in [2.24, 2.45) is 29.1 Å². The molecule has 31 heavy (non-hydrogen) atoms. The van der Waals surface area contributed by atoms with Crippen molar-refractivity contribution in [1.82, 2.24) is 0 Å². The summed E-state index contributed by atoms with van der Waals surface area (Å²) in [6.45, 7) is 14.7. The van der Waals surface area contributed by atoms with Gasteiger partial charge in [0.05, 0.1) is 17.8 Å². The molecule has 0 saturated heterocycles. The first-order valence-electron chi connectivity index (χ1n) is 12.3. The van der Waals surface area contributed by atoms with Crippen LogP contribution in [0.4, 0.5) is 0 Å². The molecule has 0 amide bonds. The average molecular weight is 429 g/mol. The van der Waals surface area contributed by atoms with Gasteiger partial charge in [-0.05, 0) is 86.7 Å². The van der Waals surface area contributed by atoms with Crippen LogP contribution in [-0.2, 0) is 0 Å². The molecular formula is C28H44O3. The predicted octanol–water partition coefficient (Wildman–Crippen LogP) is 5.73. The van der Waals surface area contributed by atoms with E-state index in [0.29, 0.717) is 36.0 Å². The molecular weight excluding hydrogens is 384 g/mol. The smallest absolute Gasteiger partial charge is 0.0811 e. The Morgan fingerprint density at radius 3 is 2.52 bits per heavy atom. The molecule has 7 atom stereocenters. The maximum atomic E-state index is 10.3. The molecule has 3 aliphatic carbocycles. The summed E-state index contributed by atoms with van der Waals surface area (Å²) in [5.41, 5.74) is 2.93. The van der Waals surface area contributed by atoms with Crippen LogP contribution in [0.5, 0.6) is 0 Å². The van der Waals surface area contributed by atoms with Crippen LogP contribution in [0.25, 0.3) is 0 Å². The molecule has 0 radical (unpaired) electrons. The molecule has 0 heterocycles. The highest BCUT2D eigenvalue weighted by Gasteiger charge is 2.50. The first-order chi connectivity index (χ1) is 14.4. The van der Waals surface area contributed by atoms with E-state index in [1.807, 2.05) is 13.8 Å².